The van der Waals surface area contributed by atoms with Crippen molar-refractivity contribution in [3.8, 4) is 0 Å². The number of nitrogens with zero attached hydrogens (tertiary/aromatic N) is 4. The number of aromatic amines is 1. The van der Waals surface area contributed by atoms with E-state index in [9.17, 15) is 4.79 Å². The highest BCUT2D eigenvalue weighted by Crippen LogP contribution is 2.29. The molecule has 8 nitrogen and oxygen atoms in total. The Balaban J connectivity index is 1.38. The highest BCUT2D eigenvalue weighted by Gasteiger charge is 2.30. The molecule has 3 aromatic rings. The summed E-state index contributed by atoms with van der Waals surface area (Å²) in [6.07, 6.45) is 3.30. The van der Waals surface area contributed by atoms with E-state index in [1.807, 2.05) is 6.07 Å². The fraction of sp³-hybridized carbons (Fsp3) is 0.412. The second-order valence-electron chi connectivity index (χ2n) is 6.46. The summed E-state index contributed by atoms with van der Waals surface area (Å²) >= 11 is 0. The van der Waals surface area contributed by atoms with Crippen LogP contribution in [-0.2, 0) is 17.7 Å². The van der Waals surface area contributed by atoms with Crippen molar-refractivity contribution >= 4 is 16.9 Å². The fourth-order valence-corrected chi connectivity index (χ4v) is 3.40. The minimum absolute atomic E-state index is 0.101. The maximum atomic E-state index is 12.8. The van der Waals surface area contributed by atoms with Crippen LogP contribution >= 0.6 is 0 Å². The van der Waals surface area contributed by atoms with Crippen molar-refractivity contribution in [1.29, 1.82) is 0 Å². The number of nitrogens with one attached hydrogen (secondary N) is 1. The smallest absolute Gasteiger partial charge is 0.272 e. The Kier molecular flexibility index (Phi) is 3.30. The summed E-state index contributed by atoms with van der Waals surface area (Å²) < 4.78 is 11.3. The summed E-state index contributed by atoms with van der Waals surface area (Å²) in [4.78, 5) is 23.5. The van der Waals surface area contributed by atoms with Gasteiger partial charge in [-0.15, -0.1) is 0 Å². The quantitative estimate of drug-likeness (QED) is 0.762. The van der Waals surface area contributed by atoms with Gasteiger partial charge in [0.1, 0.15) is 17.1 Å². The van der Waals surface area contributed by atoms with Gasteiger partial charge in [0.2, 0.25) is 0 Å². The number of aromatic nitrogens is 4. The van der Waals surface area contributed by atoms with Gasteiger partial charge in [0.15, 0.2) is 11.5 Å². The van der Waals surface area contributed by atoms with Crippen LogP contribution in [-0.4, -0.2) is 50.7 Å². The zero-order valence-corrected chi connectivity index (χ0v) is 13.6. The summed E-state index contributed by atoms with van der Waals surface area (Å²) in [5.74, 6) is 1.77. The molecule has 1 saturated heterocycles. The van der Waals surface area contributed by atoms with Gasteiger partial charge < -0.3 is 14.1 Å². The summed E-state index contributed by atoms with van der Waals surface area (Å²) in [5.41, 5.74) is 1.88. The molecule has 25 heavy (non-hydrogen) atoms. The Labute approximate surface area is 143 Å². The van der Waals surface area contributed by atoms with Crippen LogP contribution in [0.4, 0.5) is 0 Å². The highest BCUT2D eigenvalue weighted by molar-refractivity contribution is 5.94. The number of hydrogen-bond acceptors (Lipinski definition) is 6. The molecule has 2 aliphatic heterocycles. The molecule has 0 radical (unpaired) electrons. The molecular formula is C17H17N5O3. The summed E-state index contributed by atoms with van der Waals surface area (Å²) in [7, 11) is 0. The molecule has 1 N–H and O–H groups in total. The Morgan fingerprint density at radius 3 is 3.16 bits per heavy atom. The molecule has 1 atom stereocenters. The van der Waals surface area contributed by atoms with E-state index in [1.54, 1.807) is 17.2 Å². The van der Waals surface area contributed by atoms with Crippen molar-refractivity contribution in [3.63, 3.8) is 0 Å². The Hall–Kier alpha value is -2.74. The van der Waals surface area contributed by atoms with E-state index in [1.165, 1.54) is 0 Å². The van der Waals surface area contributed by atoms with Crippen molar-refractivity contribution < 1.29 is 13.9 Å². The van der Waals surface area contributed by atoms with Crippen LogP contribution in [0, 0.1) is 0 Å². The van der Waals surface area contributed by atoms with E-state index in [0.717, 1.165) is 35.8 Å². The van der Waals surface area contributed by atoms with Gasteiger partial charge >= 0.3 is 0 Å². The number of H-pyrrole nitrogens is 1. The first-order valence-electron chi connectivity index (χ1n) is 8.43. The molecule has 0 aromatic carbocycles. The van der Waals surface area contributed by atoms with Gasteiger partial charge in [-0.2, -0.15) is 5.10 Å². The van der Waals surface area contributed by atoms with Crippen LogP contribution in [0.3, 0.4) is 0 Å². The van der Waals surface area contributed by atoms with E-state index in [-0.39, 0.29) is 11.8 Å². The van der Waals surface area contributed by atoms with Gasteiger partial charge in [-0.1, -0.05) is 0 Å². The van der Waals surface area contributed by atoms with Crippen LogP contribution < -0.4 is 0 Å². The van der Waals surface area contributed by atoms with Crippen LogP contribution in [0.25, 0.3) is 11.0 Å². The fourth-order valence-electron chi connectivity index (χ4n) is 3.40. The van der Waals surface area contributed by atoms with Gasteiger partial charge in [-0.05, 0) is 18.6 Å². The predicted molar refractivity (Wildman–Crippen MR) is 87.0 cm³/mol. The first kappa shape index (κ1) is 14.6. The van der Waals surface area contributed by atoms with E-state index >= 15 is 0 Å². The molecule has 3 aromatic heterocycles. The van der Waals surface area contributed by atoms with E-state index in [4.69, 9.17) is 9.15 Å². The molecule has 1 unspecified atom stereocenters. The molecule has 5 rings (SSSR count). The third-order valence-electron chi connectivity index (χ3n) is 4.83. The number of pyridine rings is 1. The predicted octanol–water partition coefficient (Wildman–Crippen LogP) is 1.65. The topological polar surface area (TPSA) is 97.1 Å². The van der Waals surface area contributed by atoms with Gasteiger partial charge in [-0.3, -0.25) is 9.89 Å². The van der Waals surface area contributed by atoms with Crippen molar-refractivity contribution in [1.82, 2.24) is 25.1 Å². The minimum Gasteiger partial charge on any atom is -0.445 e. The SMILES string of the molecule is O=C(c1ccc2cn[nH]c2n1)N1CCc2oc(C3CCOC3)nc2C1. The Morgan fingerprint density at radius 2 is 2.28 bits per heavy atom. The second-order valence-corrected chi connectivity index (χ2v) is 6.46. The molecular weight excluding hydrogens is 322 g/mol. The lowest BCUT2D eigenvalue weighted by atomic mass is 10.1. The number of fused-ring (bicyclic) bond motifs is 2. The van der Waals surface area contributed by atoms with E-state index in [0.29, 0.717) is 37.5 Å². The van der Waals surface area contributed by atoms with Crippen molar-refractivity contribution in [3.05, 3.63) is 41.4 Å². The zero-order chi connectivity index (χ0) is 16.8. The lowest BCUT2D eigenvalue weighted by Gasteiger charge is -2.24. The molecule has 0 saturated carbocycles. The molecule has 1 amide bonds. The highest BCUT2D eigenvalue weighted by atomic mass is 16.5. The average Bonchev–Trinajstić information content (AvgIpc) is 3.39. The molecule has 0 spiro atoms. The van der Waals surface area contributed by atoms with E-state index < -0.39 is 0 Å². The minimum atomic E-state index is -0.101. The number of hydrogen-bond donors (Lipinski definition) is 1. The molecule has 5 heterocycles. The van der Waals surface area contributed by atoms with Gasteiger partial charge in [0.25, 0.3) is 5.91 Å². The van der Waals surface area contributed by atoms with E-state index in [2.05, 4.69) is 20.2 Å². The number of carbonyl (C=O) groups is 1. The normalized spacial score (nSPS) is 20.2. The molecule has 2 aliphatic rings. The second kappa shape index (κ2) is 5.66. The van der Waals surface area contributed by atoms with Crippen molar-refractivity contribution in [2.24, 2.45) is 0 Å². The summed E-state index contributed by atoms with van der Waals surface area (Å²) in [6, 6.07) is 3.59. The number of ether oxygens (including phenoxy) is 1. The van der Waals surface area contributed by atoms with Crippen LogP contribution in [0.5, 0.6) is 0 Å². The average molecular weight is 339 g/mol. The van der Waals surface area contributed by atoms with Crippen LogP contribution in [0.1, 0.15) is 40.2 Å². The maximum absolute atomic E-state index is 12.8. The van der Waals surface area contributed by atoms with Gasteiger partial charge in [-0.25, -0.2) is 9.97 Å². The van der Waals surface area contributed by atoms with Crippen LogP contribution in [0.2, 0.25) is 0 Å². The molecule has 0 bridgehead atoms. The molecule has 1 fully saturated rings. The third-order valence-corrected chi connectivity index (χ3v) is 4.83. The molecule has 8 heteroatoms. The first-order chi connectivity index (χ1) is 12.3. The van der Waals surface area contributed by atoms with Gasteiger partial charge in [0, 0.05) is 25.0 Å². The monoisotopic (exact) mass is 339 g/mol. The van der Waals surface area contributed by atoms with Crippen LogP contribution in [0.15, 0.2) is 22.7 Å². The first-order valence-corrected chi connectivity index (χ1v) is 8.43. The number of amides is 1. The standard InChI is InChI=1S/C17H17N5O3/c23-17(12-2-1-10-7-18-21-15(10)19-12)22-5-3-14-13(8-22)20-16(25-14)11-4-6-24-9-11/h1-2,7,11H,3-6,8-9H2,(H,18,19,21). The van der Waals surface area contributed by atoms with Crippen molar-refractivity contribution in [2.75, 3.05) is 19.8 Å². The maximum Gasteiger partial charge on any atom is 0.272 e. The third kappa shape index (κ3) is 2.49. The lowest BCUT2D eigenvalue weighted by molar-refractivity contribution is 0.0722. The summed E-state index contributed by atoms with van der Waals surface area (Å²) in [5, 5.41) is 7.62. The lowest BCUT2D eigenvalue weighted by Crippen LogP contribution is -2.36. The number of carbonyl (C=O) groups excluding carboxylic acids is 1. The summed E-state index contributed by atoms with van der Waals surface area (Å²) in [6.45, 7) is 2.47. The largest absolute Gasteiger partial charge is 0.445 e. The molecule has 0 aliphatic carbocycles. The zero-order valence-electron chi connectivity index (χ0n) is 13.6. The number of oxazole rings is 1. The molecule has 128 valence electrons. The van der Waals surface area contributed by atoms with Gasteiger partial charge in [0.05, 0.1) is 25.3 Å². The van der Waals surface area contributed by atoms with Crippen molar-refractivity contribution in [2.45, 2.75) is 25.3 Å². The Bertz CT molecular complexity index is 941. The number of rotatable bonds is 2. The Morgan fingerprint density at radius 1 is 1.32 bits per heavy atom.